The lowest BCUT2D eigenvalue weighted by atomic mass is 10.1. The van der Waals surface area contributed by atoms with Crippen LogP contribution < -0.4 is 5.32 Å². The van der Waals surface area contributed by atoms with Gasteiger partial charge in [-0.3, -0.25) is 0 Å². The maximum absolute atomic E-state index is 5.51. The molecule has 2 rings (SSSR count). The smallest absolute Gasteiger partial charge is 0.0534 e. The lowest BCUT2D eigenvalue weighted by molar-refractivity contribution is 0.0770. The van der Waals surface area contributed by atoms with Crippen LogP contribution in [0, 0.1) is 5.41 Å². The second kappa shape index (κ2) is 2.51. The van der Waals surface area contributed by atoms with Crippen molar-refractivity contribution in [3.8, 4) is 0 Å². The van der Waals surface area contributed by atoms with Crippen molar-refractivity contribution in [2.75, 3.05) is 26.3 Å². The van der Waals surface area contributed by atoms with E-state index < -0.39 is 0 Å². The molecule has 58 valence electrons. The highest BCUT2D eigenvalue weighted by molar-refractivity contribution is 4.95. The Hall–Kier alpha value is -0.0800. The van der Waals surface area contributed by atoms with Gasteiger partial charge in [-0.15, -0.1) is 0 Å². The van der Waals surface area contributed by atoms with Crippen LogP contribution in [0.2, 0.25) is 0 Å². The van der Waals surface area contributed by atoms with Gasteiger partial charge in [0, 0.05) is 18.6 Å². The van der Waals surface area contributed by atoms with Crippen molar-refractivity contribution >= 4 is 0 Å². The largest absolute Gasteiger partial charge is 0.381 e. The van der Waals surface area contributed by atoms with Crippen molar-refractivity contribution in [1.29, 1.82) is 0 Å². The summed E-state index contributed by atoms with van der Waals surface area (Å²) >= 11 is 0. The van der Waals surface area contributed by atoms with E-state index in [-0.39, 0.29) is 0 Å². The molecule has 2 nitrogen and oxygen atoms in total. The molecule has 1 spiro atoms. The fourth-order valence-corrected chi connectivity index (χ4v) is 1.49. The molecular formula is C8H15NO. The van der Waals surface area contributed by atoms with Crippen molar-refractivity contribution in [1.82, 2.24) is 5.32 Å². The van der Waals surface area contributed by atoms with Gasteiger partial charge < -0.3 is 10.1 Å². The first-order valence-electron chi connectivity index (χ1n) is 4.20. The summed E-state index contributed by atoms with van der Waals surface area (Å²) in [5.74, 6) is 0. The second-order valence-corrected chi connectivity index (χ2v) is 3.58. The van der Waals surface area contributed by atoms with E-state index in [1.165, 1.54) is 25.8 Å². The number of hydrogen-bond donors (Lipinski definition) is 1. The van der Waals surface area contributed by atoms with Crippen molar-refractivity contribution in [2.24, 2.45) is 5.41 Å². The average Bonchev–Trinajstić information content (AvgIpc) is 2.61. The molecule has 0 aromatic heterocycles. The molecule has 2 fully saturated rings. The molecule has 2 aliphatic rings. The third kappa shape index (κ3) is 1.32. The van der Waals surface area contributed by atoms with E-state index in [1.807, 2.05) is 0 Å². The highest BCUT2D eigenvalue weighted by Crippen LogP contribution is 2.45. The molecule has 2 heteroatoms. The van der Waals surface area contributed by atoms with Crippen molar-refractivity contribution in [2.45, 2.75) is 19.3 Å². The molecule has 0 aromatic carbocycles. The van der Waals surface area contributed by atoms with E-state index in [0.29, 0.717) is 5.41 Å². The van der Waals surface area contributed by atoms with Crippen LogP contribution in [-0.2, 0) is 4.74 Å². The van der Waals surface area contributed by atoms with Crippen LogP contribution in [-0.4, -0.2) is 26.3 Å². The first kappa shape index (κ1) is 6.62. The van der Waals surface area contributed by atoms with Crippen LogP contribution in [0.4, 0.5) is 0 Å². The van der Waals surface area contributed by atoms with Crippen molar-refractivity contribution in [3.63, 3.8) is 0 Å². The summed E-state index contributed by atoms with van der Waals surface area (Å²) in [5.41, 5.74) is 0.570. The molecule has 1 heterocycles. The van der Waals surface area contributed by atoms with Gasteiger partial charge in [-0.2, -0.15) is 0 Å². The van der Waals surface area contributed by atoms with Crippen LogP contribution in [0.1, 0.15) is 19.3 Å². The monoisotopic (exact) mass is 141 g/mol. The summed E-state index contributed by atoms with van der Waals surface area (Å²) in [5, 5.41) is 3.46. The molecule has 1 saturated heterocycles. The molecule has 1 saturated carbocycles. The van der Waals surface area contributed by atoms with E-state index in [2.05, 4.69) is 5.32 Å². The minimum absolute atomic E-state index is 0.570. The molecule has 1 aliphatic carbocycles. The van der Waals surface area contributed by atoms with Gasteiger partial charge in [0.15, 0.2) is 0 Å². The highest BCUT2D eigenvalue weighted by Gasteiger charge is 2.42. The van der Waals surface area contributed by atoms with Gasteiger partial charge in [-0.1, -0.05) is 0 Å². The first-order valence-corrected chi connectivity index (χ1v) is 4.20. The number of hydrogen-bond acceptors (Lipinski definition) is 2. The number of rotatable bonds is 0. The average molecular weight is 141 g/mol. The van der Waals surface area contributed by atoms with E-state index in [0.717, 1.165) is 19.8 Å². The van der Waals surface area contributed by atoms with Gasteiger partial charge >= 0.3 is 0 Å². The van der Waals surface area contributed by atoms with Crippen molar-refractivity contribution < 1.29 is 4.74 Å². The van der Waals surface area contributed by atoms with Crippen LogP contribution in [0.25, 0.3) is 0 Å². The highest BCUT2D eigenvalue weighted by atomic mass is 16.5. The predicted octanol–water partition coefficient (Wildman–Crippen LogP) is 0.776. The topological polar surface area (TPSA) is 21.3 Å². The van der Waals surface area contributed by atoms with Crippen LogP contribution in [0.15, 0.2) is 0 Å². The normalized spacial score (nSPS) is 31.2. The van der Waals surface area contributed by atoms with Crippen LogP contribution in [0.3, 0.4) is 0 Å². The second-order valence-electron chi connectivity index (χ2n) is 3.58. The zero-order chi connectivity index (χ0) is 6.86. The molecule has 0 atom stereocenters. The summed E-state index contributed by atoms with van der Waals surface area (Å²) in [6.07, 6.45) is 3.93. The maximum atomic E-state index is 5.51. The Labute approximate surface area is 61.9 Å². The number of nitrogens with one attached hydrogen (secondary N) is 1. The van der Waals surface area contributed by atoms with Gasteiger partial charge in [0.1, 0.15) is 0 Å². The zero-order valence-corrected chi connectivity index (χ0v) is 6.36. The van der Waals surface area contributed by atoms with Crippen LogP contribution >= 0.6 is 0 Å². The summed E-state index contributed by atoms with van der Waals surface area (Å²) in [6, 6.07) is 0. The van der Waals surface area contributed by atoms with Gasteiger partial charge in [-0.05, 0) is 25.8 Å². The Morgan fingerprint density at radius 3 is 3.00 bits per heavy atom. The third-order valence-electron chi connectivity index (χ3n) is 2.51. The Morgan fingerprint density at radius 1 is 1.30 bits per heavy atom. The van der Waals surface area contributed by atoms with E-state index >= 15 is 0 Å². The summed E-state index contributed by atoms with van der Waals surface area (Å²) < 4.78 is 5.51. The fourth-order valence-electron chi connectivity index (χ4n) is 1.49. The number of ether oxygens (including phenoxy) is 1. The van der Waals surface area contributed by atoms with E-state index in [1.54, 1.807) is 0 Å². The van der Waals surface area contributed by atoms with E-state index in [9.17, 15) is 0 Å². The Bertz CT molecular complexity index is 110. The van der Waals surface area contributed by atoms with Gasteiger partial charge in [0.2, 0.25) is 0 Å². The van der Waals surface area contributed by atoms with Gasteiger partial charge in [-0.25, -0.2) is 0 Å². The third-order valence-corrected chi connectivity index (χ3v) is 2.51. The lowest BCUT2D eigenvalue weighted by Crippen LogP contribution is -2.31. The van der Waals surface area contributed by atoms with Gasteiger partial charge in [0.05, 0.1) is 6.61 Å². The van der Waals surface area contributed by atoms with Crippen LogP contribution in [0.5, 0.6) is 0 Å². The van der Waals surface area contributed by atoms with E-state index in [4.69, 9.17) is 4.74 Å². The van der Waals surface area contributed by atoms with Gasteiger partial charge in [0.25, 0.3) is 0 Å². The molecular weight excluding hydrogens is 126 g/mol. The molecule has 10 heavy (non-hydrogen) atoms. The molecule has 1 N–H and O–H groups in total. The summed E-state index contributed by atoms with van der Waals surface area (Å²) in [6.45, 7) is 4.28. The Morgan fingerprint density at radius 2 is 2.20 bits per heavy atom. The molecule has 0 bridgehead atoms. The zero-order valence-electron chi connectivity index (χ0n) is 6.36. The quantitative estimate of drug-likeness (QED) is 0.538. The lowest BCUT2D eigenvalue weighted by Gasteiger charge is -2.19. The van der Waals surface area contributed by atoms with Crippen molar-refractivity contribution in [3.05, 3.63) is 0 Å². The SMILES string of the molecule is C1CNCC2(CC2)COC1. The summed E-state index contributed by atoms with van der Waals surface area (Å²) in [4.78, 5) is 0. The summed E-state index contributed by atoms with van der Waals surface area (Å²) in [7, 11) is 0. The molecule has 0 unspecified atom stereocenters. The molecule has 0 radical (unpaired) electrons. The predicted molar refractivity (Wildman–Crippen MR) is 40.0 cm³/mol. The Kier molecular flexibility index (Phi) is 1.66. The molecule has 0 aromatic rings. The maximum Gasteiger partial charge on any atom is 0.0534 e. The minimum Gasteiger partial charge on any atom is -0.381 e. The first-order chi connectivity index (χ1) is 4.91. The fraction of sp³-hybridized carbons (Fsp3) is 1.00. The molecule has 0 amide bonds. The standard InChI is InChI=1S/C8H15NO/c1-4-9-6-8(2-3-8)7-10-5-1/h9H,1-7H2. The Balaban J connectivity index is 1.84. The molecule has 1 aliphatic heterocycles. The minimum atomic E-state index is 0.570.